The molecule has 1 aliphatic rings. The van der Waals surface area contributed by atoms with Gasteiger partial charge in [0.1, 0.15) is 5.75 Å². The van der Waals surface area contributed by atoms with Crippen molar-refractivity contribution in [1.82, 2.24) is 9.88 Å². The minimum atomic E-state index is -0.622. The van der Waals surface area contributed by atoms with E-state index in [1.807, 2.05) is 30.3 Å². The molecule has 0 saturated carbocycles. The average molecular weight is 364 g/mol. The molecule has 2 aromatic carbocycles. The molecular formula is C21H20N2O4. The SMILES string of the molecule is C[C@@H](Oc1ccc2c(c1)OCO2)C(=O)N(C)Cc1cccc2ncccc12. The minimum Gasteiger partial charge on any atom is -0.481 e. The molecule has 138 valence electrons. The number of rotatable bonds is 5. The second-order valence-corrected chi connectivity index (χ2v) is 6.46. The Morgan fingerprint density at radius 1 is 1.19 bits per heavy atom. The van der Waals surface area contributed by atoms with Crippen molar-refractivity contribution in [2.24, 2.45) is 0 Å². The Hall–Kier alpha value is -3.28. The third-order valence-corrected chi connectivity index (χ3v) is 4.52. The molecule has 6 heteroatoms. The Bertz CT molecular complexity index is 984. The van der Waals surface area contributed by atoms with E-state index in [2.05, 4.69) is 4.98 Å². The van der Waals surface area contributed by atoms with E-state index < -0.39 is 6.10 Å². The largest absolute Gasteiger partial charge is 0.481 e. The summed E-state index contributed by atoms with van der Waals surface area (Å²) in [5, 5.41) is 1.05. The third-order valence-electron chi connectivity index (χ3n) is 4.52. The van der Waals surface area contributed by atoms with Crippen LogP contribution in [0.1, 0.15) is 12.5 Å². The van der Waals surface area contributed by atoms with Gasteiger partial charge in [-0.1, -0.05) is 18.2 Å². The van der Waals surface area contributed by atoms with Crippen molar-refractivity contribution in [3.05, 3.63) is 60.3 Å². The van der Waals surface area contributed by atoms with Crippen LogP contribution in [0.2, 0.25) is 0 Å². The molecular weight excluding hydrogens is 344 g/mol. The van der Waals surface area contributed by atoms with Gasteiger partial charge in [-0.05, 0) is 36.8 Å². The van der Waals surface area contributed by atoms with Gasteiger partial charge in [-0.3, -0.25) is 9.78 Å². The number of benzene rings is 2. The number of likely N-dealkylation sites (N-methyl/N-ethyl adjacent to an activating group) is 1. The monoisotopic (exact) mass is 364 g/mol. The lowest BCUT2D eigenvalue weighted by Crippen LogP contribution is -2.37. The van der Waals surface area contributed by atoms with Crippen LogP contribution in [0.3, 0.4) is 0 Å². The molecule has 1 aliphatic heterocycles. The van der Waals surface area contributed by atoms with Crippen LogP contribution >= 0.6 is 0 Å². The van der Waals surface area contributed by atoms with Gasteiger partial charge in [0.25, 0.3) is 5.91 Å². The molecule has 0 aliphatic carbocycles. The van der Waals surface area contributed by atoms with Crippen molar-refractivity contribution in [2.45, 2.75) is 19.6 Å². The highest BCUT2D eigenvalue weighted by atomic mass is 16.7. The summed E-state index contributed by atoms with van der Waals surface area (Å²) in [6.07, 6.45) is 1.14. The highest BCUT2D eigenvalue weighted by Gasteiger charge is 2.21. The molecule has 1 atom stereocenters. The van der Waals surface area contributed by atoms with E-state index in [1.165, 1.54) is 0 Å². The highest BCUT2D eigenvalue weighted by molar-refractivity contribution is 5.84. The van der Waals surface area contributed by atoms with Crippen LogP contribution in [-0.4, -0.2) is 35.7 Å². The molecule has 2 heterocycles. The molecule has 0 bridgehead atoms. The standard InChI is InChI=1S/C21H20N2O4/c1-14(27-16-8-9-19-20(11-16)26-13-25-19)21(24)23(2)12-15-5-3-7-18-17(15)6-4-10-22-18/h3-11,14H,12-13H2,1-2H3/t14-/m1/s1. The number of fused-ring (bicyclic) bond motifs is 2. The van der Waals surface area contributed by atoms with Gasteiger partial charge in [-0.2, -0.15) is 0 Å². The van der Waals surface area contributed by atoms with E-state index in [9.17, 15) is 4.79 Å². The van der Waals surface area contributed by atoms with Crippen molar-refractivity contribution in [3.63, 3.8) is 0 Å². The maximum Gasteiger partial charge on any atom is 0.263 e. The fourth-order valence-corrected chi connectivity index (χ4v) is 3.15. The number of hydrogen-bond donors (Lipinski definition) is 0. The van der Waals surface area contributed by atoms with Crippen LogP contribution in [0.15, 0.2) is 54.7 Å². The number of ether oxygens (including phenoxy) is 3. The Morgan fingerprint density at radius 3 is 2.93 bits per heavy atom. The van der Waals surface area contributed by atoms with Crippen LogP contribution < -0.4 is 14.2 Å². The molecule has 0 fully saturated rings. The van der Waals surface area contributed by atoms with Crippen molar-refractivity contribution in [1.29, 1.82) is 0 Å². The Labute approximate surface area is 157 Å². The summed E-state index contributed by atoms with van der Waals surface area (Å²) in [4.78, 5) is 18.8. The van der Waals surface area contributed by atoms with Gasteiger partial charge < -0.3 is 19.1 Å². The van der Waals surface area contributed by atoms with Gasteiger partial charge in [0, 0.05) is 31.2 Å². The molecule has 1 aromatic heterocycles. The van der Waals surface area contributed by atoms with Crippen LogP contribution in [0.5, 0.6) is 17.2 Å². The number of carbonyl (C=O) groups is 1. The van der Waals surface area contributed by atoms with E-state index in [4.69, 9.17) is 14.2 Å². The molecule has 0 spiro atoms. The average Bonchev–Trinajstić information content (AvgIpc) is 3.15. The van der Waals surface area contributed by atoms with Gasteiger partial charge in [-0.15, -0.1) is 0 Å². The second kappa shape index (κ2) is 7.15. The summed E-state index contributed by atoms with van der Waals surface area (Å²) in [7, 11) is 1.77. The van der Waals surface area contributed by atoms with Gasteiger partial charge >= 0.3 is 0 Å². The number of nitrogens with zero attached hydrogens (tertiary/aromatic N) is 2. The summed E-state index contributed by atoms with van der Waals surface area (Å²) < 4.78 is 16.4. The van der Waals surface area contributed by atoms with Gasteiger partial charge in [0.15, 0.2) is 17.6 Å². The van der Waals surface area contributed by atoms with Gasteiger partial charge in [0.05, 0.1) is 5.52 Å². The number of carbonyl (C=O) groups excluding carboxylic acids is 1. The van der Waals surface area contributed by atoms with Crippen molar-refractivity contribution < 1.29 is 19.0 Å². The van der Waals surface area contributed by atoms with Crippen molar-refractivity contribution >= 4 is 16.8 Å². The van der Waals surface area contributed by atoms with E-state index in [0.717, 1.165) is 16.5 Å². The zero-order valence-electron chi connectivity index (χ0n) is 15.2. The zero-order valence-corrected chi connectivity index (χ0v) is 15.2. The Morgan fingerprint density at radius 2 is 2.04 bits per heavy atom. The van der Waals surface area contributed by atoms with E-state index >= 15 is 0 Å². The lowest BCUT2D eigenvalue weighted by Gasteiger charge is -2.23. The maximum absolute atomic E-state index is 12.8. The van der Waals surface area contributed by atoms with Crippen LogP contribution in [0.4, 0.5) is 0 Å². The smallest absolute Gasteiger partial charge is 0.263 e. The number of aromatic nitrogens is 1. The Kier molecular flexibility index (Phi) is 4.54. The Balaban J connectivity index is 1.45. The lowest BCUT2D eigenvalue weighted by molar-refractivity contribution is -0.137. The van der Waals surface area contributed by atoms with Crippen LogP contribution in [-0.2, 0) is 11.3 Å². The predicted molar refractivity (Wildman–Crippen MR) is 101 cm³/mol. The van der Waals surface area contributed by atoms with Gasteiger partial charge in [-0.25, -0.2) is 0 Å². The summed E-state index contributed by atoms with van der Waals surface area (Å²) in [6.45, 7) is 2.43. The molecule has 27 heavy (non-hydrogen) atoms. The van der Waals surface area contributed by atoms with E-state index in [0.29, 0.717) is 23.8 Å². The lowest BCUT2D eigenvalue weighted by atomic mass is 10.1. The fourth-order valence-electron chi connectivity index (χ4n) is 3.15. The summed E-state index contributed by atoms with van der Waals surface area (Å²) in [6, 6.07) is 15.1. The molecule has 4 rings (SSSR count). The van der Waals surface area contributed by atoms with E-state index in [-0.39, 0.29) is 12.7 Å². The molecule has 6 nitrogen and oxygen atoms in total. The number of pyridine rings is 1. The van der Waals surface area contributed by atoms with Crippen LogP contribution in [0.25, 0.3) is 10.9 Å². The fraction of sp³-hybridized carbons (Fsp3) is 0.238. The first-order valence-electron chi connectivity index (χ1n) is 8.76. The molecule has 0 radical (unpaired) electrons. The predicted octanol–water partition coefficient (Wildman–Crippen LogP) is 3.39. The van der Waals surface area contributed by atoms with E-state index in [1.54, 1.807) is 43.3 Å². The first kappa shape index (κ1) is 17.1. The highest BCUT2D eigenvalue weighted by Crippen LogP contribution is 2.35. The van der Waals surface area contributed by atoms with Crippen molar-refractivity contribution in [3.8, 4) is 17.2 Å². The number of amides is 1. The molecule has 3 aromatic rings. The molecule has 1 amide bonds. The summed E-state index contributed by atoms with van der Waals surface area (Å²) in [5.74, 6) is 1.78. The first-order chi connectivity index (χ1) is 13.1. The molecule has 0 unspecified atom stereocenters. The quantitative estimate of drug-likeness (QED) is 0.694. The molecule has 0 N–H and O–H groups in total. The second-order valence-electron chi connectivity index (χ2n) is 6.46. The topological polar surface area (TPSA) is 60.9 Å². The normalized spacial score (nSPS) is 13.4. The minimum absolute atomic E-state index is 0.103. The maximum atomic E-state index is 12.8. The summed E-state index contributed by atoms with van der Waals surface area (Å²) in [5.41, 5.74) is 1.97. The third kappa shape index (κ3) is 3.51. The summed E-state index contributed by atoms with van der Waals surface area (Å²) >= 11 is 0. The molecule has 0 saturated heterocycles. The first-order valence-corrected chi connectivity index (χ1v) is 8.76. The van der Waals surface area contributed by atoms with Crippen molar-refractivity contribution in [2.75, 3.05) is 13.8 Å². The number of hydrogen-bond acceptors (Lipinski definition) is 5. The van der Waals surface area contributed by atoms with Gasteiger partial charge in [0.2, 0.25) is 6.79 Å². The van der Waals surface area contributed by atoms with Crippen LogP contribution in [0, 0.1) is 0 Å². The zero-order chi connectivity index (χ0) is 18.8.